The molecular weight excluding hydrogens is 358 g/mol. The Morgan fingerprint density at radius 1 is 1.21 bits per heavy atom. The van der Waals surface area contributed by atoms with Gasteiger partial charge in [0.25, 0.3) is 0 Å². The van der Waals surface area contributed by atoms with Crippen molar-refractivity contribution >= 4 is 35.5 Å². The van der Waals surface area contributed by atoms with Gasteiger partial charge in [-0.3, -0.25) is 4.79 Å². The Labute approximate surface area is 146 Å². The molecule has 0 unspecified atom stereocenters. The molecule has 0 bridgehead atoms. The first-order valence-corrected chi connectivity index (χ1v) is 8.14. The molecule has 2 aromatic rings. The van der Waals surface area contributed by atoms with Crippen molar-refractivity contribution < 1.29 is 18.3 Å². The van der Waals surface area contributed by atoms with Crippen LogP contribution in [-0.4, -0.2) is 24.5 Å². The molecule has 2 aromatic carbocycles. The fraction of sp³-hybridized carbons (Fsp3) is 0.125. The zero-order valence-corrected chi connectivity index (χ0v) is 13.9. The molecule has 2 rings (SSSR count). The number of amides is 1. The molecule has 126 valence electrons. The molecule has 24 heavy (non-hydrogen) atoms. The van der Waals surface area contributed by atoms with E-state index < -0.39 is 6.61 Å². The van der Waals surface area contributed by atoms with E-state index in [1.165, 1.54) is 30.1 Å². The van der Waals surface area contributed by atoms with Crippen LogP contribution in [0.1, 0.15) is 5.56 Å². The first-order chi connectivity index (χ1) is 11.5. The van der Waals surface area contributed by atoms with Gasteiger partial charge in [-0.2, -0.15) is 13.9 Å². The van der Waals surface area contributed by atoms with Gasteiger partial charge in [0.15, 0.2) is 0 Å². The molecule has 0 spiro atoms. The average molecular weight is 371 g/mol. The van der Waals surface area contributed by atoms with Crippen molar-refractivity contribution in [3.8, 4) is 5.75 Å². The number of nitrogens with one attached hydrogen (secondary N) is 1. The highest BCUT2D eigenvalue weighted by molar-refractivity contribution is 8.00. The molecule has 0 atom stereocenters. The van der Waals surface area contributed by atoms with Crippen LogP contribution >= 0.6 is 23.4 Å². The monoisotopic (exact) mass is 370 g/mol. The summed E-state index contributed by atoms with van der Waals surface area (Å²) in [5.41, 5.74) is 3.03. The van der Waals surface area contributed by atoms with E-state index in [9.17, 15) is 13.6 Å². The van der Waals surface area contributed by atoms with E-state index in [1.54, 1.807) is 24.3 Å². The zero-order valence-electron chi connectivity index (χ0n) is 12.3. The highest BCUT2D eigenvalue weighted by atomic mass is 35.5. The Hall–Kier alpha value is -2.12. The summed E-state index contributed by atoms with van der Waals surface area (Å²) in [5.74, 6) is 0.00884. The molecule has 0 saturated carbocycles. The number of hydrogen-bond donors (Lipinski definition) is 1. The Bertz CT molecular complexity index is 694. The van der Waals surface area contributed by atoms with Crippen molar-refractivity contribution in [2.45, 2.75) is 11.5 Å². The van der Waals surface area contributed by atoms with Crippen molar-refractivity contribution in [2.75, 3.05) is 5.75 Å². The molecule has 0 fully saturated rings. The number of carbonyl (C=O) groups is 1. The third kappa shape index (κ3) is 6.55. The van der Waals surface area contributed by atoms with Crippen LogP contribution in [0.2, 0.25) is 5.02 Å². The SMILES string of the molecule is O=C(CSc1ccc(Cl)cc1)N/N=C\c1ccc(OC(F)F)cc1. The van der Waals surface area contributed by atoms with Gasteiger partial charge < -0.3 is 4.74 Å². The summed E-state index contributed by atoms with van der Waals surface area (Å²) in [6, 6.07) is 13.0. The number of thioether (sulfide) groups is 1. The van der Waals surface area contributed by atoms with Crippen LogP contribution in [0.15, 0.2) is 58.5 Å². The minimum Gasteiger partial charge on any atom is -0.435 e. The van der Waals surface area contributed by atoms with Gasteiger partial charge >= 0.3 is 6.61 Å². The summed E-state index contributed by atoms with van der Waals surface area (Å²) < 4.78 is 28.3. The molecule has 0 saturated heterocycles. The first-order valence-electron chi connectivity index (χ1n) is 6.78. The standard InChI is InChI=1S/C16H13ClF2N2O2S/c17-12-3-7-14(8-4-12)24-10-15(22)21-20-9-11-1-5-13(6-2-11)23-16(18)19/h1-9,16H,10H2,(H,21,22)/b20-9-. The molecular formula is C16H13ClF2N2O2S. The van der Waals surface area contributed by atoms with Crippen LogP contribution in [0, 0.1) is 0 Å². The van der Waals surface area contributed by atoms with Crippen molar-refractivity contribution in [3.05, 3.63) is 59.1 Å². The van der Waals surface area contributed by atoms with E-state index in [2.05, 4.69) is 15.3 Å². The lowest BCUT2D eigenvalue weighted by Gasteiger charge is -2.03. The Morgan fingerprint density at radius 3 is 2.50 bits per heavy atom. The Morgan fingerprint density at radius 2 is 1.88 bits per heavy atom. The molecule has 4 nitrogen and oxygen atoms in total. The number of nitrogens with zero attached hydrogens (tertiary/aromatic N) is 1. The first kappa shape index (κ1) is 18.2. The third-order valence-corrected chi connectivity index (χ3v) is 3.96. The number of benzene rings is 2. The van der Waals surface area contributed by atoms with E-state index in [0.717, 1.165) is 4.90 Å². The molecule has 0 aliphatic carbocycles. The van der Waals surface area contributed by atoms with Crippen molar-refractivity contribution in [1.82, 2.24) is 5.43 Å². The summed E-state index contributed by atoms with van der Waals surface area (Å²) in [7, 11) is 0. The molecule has 0 aromatic heterocycles. The second kappa shape index (κ2) is 9.24. The number of halogens is 3. The molecule has 1 amide bonds. The van der Waals surface area contributed by atoms with Gasteiger partial charge in [-0.25, -0.2) is 5.43 Å². The zero-order chi connectivity index (χ0) is 17.4. The maximum Gasteiger partial charge on any atom is 0.387 e. The highest BCUT2D eigenvalue weighted by Gasteiger charge is 2.03. The van der Waals surface area contributed by atoms with Crippen LogP contribution in [0.4, 0.5) is 8.78 Å². The van der Waals surface area contributed by atoms with Crippen molar-refractivity contribution in [2.24, 2.45) is 5.10 Å². The fourth-order valence-electron chi connectivity index (χ4n) is 1.63. The highest BCUT2D eigenvalue weighted by Crippen LogP contribution is 2.19. The molecule has 0 heterocycles. The van der Waals surface area contributed by atoms with Crippen LogP contribution in [0.25, 0.3) is 0 Å². The van der Waals surface area contributed by atoms with Crippen molar-refractivity contribution in [1.29, 1.82) is 0 Å². The van der Waals surface area contributed by atoms with Gasteiger partial charge in [-0.05, 0) is 54.1 Å². The minimum atomic E-state index is -2.86. The van der Waals surface area contributed by atoms with E-state index in [-0.39, 0.29) is 17.4 Å². The Balaban J connectivity index is 1.76. The lowest BCUT2D eigenvalue weighted by molar-refractivity contribution is -0.118. The normalized spacial score (nSPS) is 11.0. The molecule has 8 heteroatoms. The summed E-state index contributed by atoms with van der Waals surface area (Å²) in [5, 5.41) is 4.45. The van der Waals surface area contributed by atoms with Gasteiger partial charge in [-0.1, -0.05) is 11.6 Å². The van der Waals surface area contributed by atoms with Crippen LogP contribution in [0.5, 0.6) is 5.75 Å². The number of rotatable bonds is 7. The predicted molar refractivity (Wildman–Crippen MR) is 91.0 cm³/mol. The van der Waals surface area contributed by atoms with Crippen LogP contribution < -0.4 is 10.2 Å². The molecule has 1 N–H and O–H groups in total. The number of carbonyl (C=O) groups excluding carboxylic acids is 1. The summed E-state index contributed by atoms with van der Waals surface area (Å²) in [4.78, 5) is 12.6. The summed E-state index contributed by atoms with van der Waals surface area (Å²) in [6.07, 6.45) is 1.41. The number of hydrogen-bond acceptors (Lipinski definition) is 4. The predicted octanol–water partition coefficient (Wildman–Crippen LogP) is 4.18. The number of alkyl halides is 2. The number of ether oxygens (including phenoxy) is 1. The summed E-state index contributed by atoms with van der Waals surface area (Å²) >= 11 is 7.14. The maximum absolute atomic E-state index is 12.0. The van der Waals surface area contributed by atoms with Crippen molar-refractivity contribution in [3.63, 3.8) is 0 Å². The minimum absolute atomic E-state index is 0.0607. The lowest BCUT2D eigenvalue weighted by atomic mass is 10.2. The second-order valence-corrected chi connectivity index (χ2v) is 5.97. The smallest absolute Gasteiger partial charge is 0.387 e. The number of hydrazone groups is 1. The van der Waals surface area contributed by atoms with Gasteiger partial charge in [0.1, 0.15) is 5.75 Å². The topological polar surface area (TPSA) is 50.7 Å². The maximum atomic E-state index is 12.0. The second-order valence-electron chi connectivity index (χ2n) is 4.48. The van der Waals surface area contributed by atoms with Crippen LogP contribution in [-0.2, 0) is 4.79 Å². The fourth-order valence-corrected chi connectivity index (χ4v) is 2.44. The van der Waals surface area contributed by atoms with Gasteiger partial charge in [0.05, 0.1) is 12.0 Å². The summed E-state index contributed by atoms with van der Waals surface area (Å²) in [6.45, 7) is -2.86. The molecule has 0 aliphatic heterocycles. The molecule has 0 radical (unpaired) electrons. The lowest BCUT2D eigenvalue weighted by Crippen LogP contribution is -2.19. The average Bonchev–Trinajstić information content (AvgIpc) is 2.55. The molecule has 0 aliphatic rings. The van der Waals surface area contributed by atoms with E-state index in [4.69, 9.17) is 11.6 Å². The largest absolute Gasteiger partial charge is 0.435 e. The van der Waals surface area contributed by atoms with Gasteiger partial charge in [0.2, 0.25) is 5.91 Å². The Kier molecular flexibility index (Phi) is 7.02. The van der Waals surface area contributed by atoms with Gasteiger partial charge in [0, 0.05) is 9.92 Å². The quantitative estimate of drug-likeness (QED) is 0.452. The van der Waals surface area contributed by atoms with E-state index in [1.807, 2.05) is 12.1 Å². The third-order valence-electron chi connectivity index (χ3n) is 2.69. The van der Waals surface area contributed by atoms with E-state index >= 15 is 0 Å². The van der Waals surface area contributed by atoms with Gasteiger partial charge in [-0.15, -0.1) is 11.8 Å². The van der Waals surface area contributed by atoms with Crippen LogP contribution in [0.3, 0.4) is 0 Å². The van der Waals surface area contributed by atoms with E-state index in [0.29, 0.717) is 10.6 Å².